The minimum absolute atomic E-state index is 1.05. The monoisotopic (exact) mass is 109 g/mol. The molecule has 0 aliphatic rings. The molecule has 0 unspecified atom stereocenters. The van der Waals surface area contributed by atoms with E-state index in [0.717, 1.165) is 6.42 Å². The van der Waals surface area contributed by atoms with Gasteiger partial charge in [-0.05, 0) is 6.42 Å². The van der Waals surface area contributed by atoms with Crippen molar-refractivity contribution in [1.29, 1.82) is 5.26 Å². The molecule has 0 N–H and O–H groups in total. The highest BCUT2D eigenvalue weighted by Gasteiger charge is 1.74. The van der Waals surface area contributed by atoms with Crippen LogP contribution >= 0.6 is 0 Å². The van der Waals surface area contributed by atoms with Crippen molar-refractivity contribution in [1.82, 2.24) is 0 Å². The Morgan fingerprint density at radius 1 is 1.62 bits per heavy atom. The molecule has 0 bridgehead atoms. The van der Waals surface area contributed by atoms with Crippen LogP contribution in [0.5, 0.6) is 0 Å². The van der Waals surface area contributed by atoms with E-state index in [2.05, 4.69) is 6.92 Å². The molecule has 0 aromatic rings. The van der Waals surface area contributed by atoms with Gasteiger partial charge in [-0.25, -0.2) is 0 Å². The Kier molecular flexibility index (Phi) is 5.63. The summed E-state index contributed by atoms with van der Waals surface area (Å²) in [6.07, 6.45) is 6.89. The fourth-order valence-electron chi connectivity index (χ4n) is 0.458. The molecule has 0 aromatic heterocycles. The number of rotatable bonds is 3. The zero-order valence-corrected chi connectivity index (χ0v) is 5.22. The fourth-order valence-corrected chi connectivity index (χ4v) is 0.458. The first-order valence-electron chi connectivity index (χ1n) is 2.96. The SMILES string of the molecule is CCCC/C=C/C#N. The molecule has 0 heterocycles. The second-order valence-electron chi connectivity index (χ2n) is 1.67. The molecule has 44 valence electrons. The molecule has 8 heavy (non-hydrogen) atoms. The van der Waals surface area contributed by atoms with E-state index in [1.165, 1.54) is 18.9 Å². The Morgan fingerprint density at radius 3 is 2.88 bits per heavy atom. The molecule has 1 nitrogen and oxygen atoms in total. The van der Waals surface area contributed by atoms with Crippen molar-refractivity contribution in [3.05, 3.63) is 12.2 Å². The lowest BCUT2D eigenvalue weighted by molar-refractivity contribution is 0.815. The average Bonchev–Trinajstić information content (AvgIpc) is 1.81. The maximum Gasteiger partial charge on any atom is 0.0908 e. The van der Waals surface area contributed by atoms with Gasteiger partial charge in [-0.2, -0.15) is 5.26 Å². The van der Waals surface area contributed by atoms with Gasteiger partial charge in [0.15, 0.2) is 0 Å². The summed E-state index contributed by atoms with van der Waals surface area (Å²) < 4.78 is 0. The van der Waals surface area contributed by atoms with E-state index >= 15 is 0 Å². The molecule has 0 spiro atoms. The highest BCUT2D eigenvalue weighted by atomic mass is 14.2. The van der Waals surface area contributed by atoms with Crippen LogP contribution in [0.4, 0.5) is 0 Å². The fraction of sp³-hybridized carbons (Fsp3) is 0.571. The van der Waals surface area contributed by atoms with Gasteiger partial charge in [0.2, 0.25) is 0 Å². The van der Waals surface area contributed by atoms with Gasteiger partial charge in [0.25, 0.3) is 0 Å². The topological polar surface area (TPSA) is 23.8 Å². The largest absolute Gasteiger partial charge is 0.193 e. The quantitative estimate of drug-likeness (QED) is 0.403. The minimum atomic E-state index is 1.05. The summed E-state index contributed by atoms with van der Waals surface area (Å²) in [5, 5.41) is 8.03. The summed E-state index contributed by atoms with van der Waals surface area (Å²) in [5.74, 6) is 0. The van der Waals surface area contributed by atoms with E-state index in [1.54, 1.807) is 0 Å². The Hall–Kier alpha value is -0.770. The molecule has 0 aliphatic carbocycles. The van der Waals surface area contributed by atoms with E-state index in [1.807, 2.05) is 12.1 Å². The van der Waals surface area contributed by atoms with Crippen LogP contribution in [-0.2, 0) is 0 Å². The summed E-state index contributed by atoms with van der Waals surface area (Å²) in [4.78, 5) is 0. The lowest BCUT2D eigenvalue weighted by Gasteiger charge is -1.83. The third kappa shape index (κ3) is 5.23. The first kappa shape index (κ1) is 7.23. The van der Waals surface area contributed by atoms with Crippen molar-refractivity contribution in [2.24, 2.45) is 0 Å². The number of hydrogen-bond donors (Lipinski definition) is 0. The maximum absolute atomic E-state index is 8.03. The third-order valence-electron chi connectivity index (χ3n) is 0.917. The first-order valence-corrected chi connectivity index (χ1v) is 2.96. The van der Waals surface area contributed by atoms with Crippen molar-refractivity contribution in [3.8, 4) is 6.07 Å². The second kappa shape index (κ2) is 6.23. The Labute approximate surface area is 50.6 Å². The molecular weight excluding hydrogens is 98.1 g/mol. The summed E-state index contributed by atoms with van der Waals surface area (Å²) in [5.41, 5.74) is 0. The Balaban J connectivity index is 2.94. The summed E-state index contributed by atoms with van der Waals surface area (Å²) in [6, 6.07) is 1.95. The number of nitrogens with zero attached hydrogens (tertiary/aromatic N) is 1. The highest BCUT2D eigenvalue weighted by molar-refractivity contribution is 5.01. The third-order valence-corrected chi connectivity index (χ3v) is 0.917. The molecule has 0 rings (SSSR count). The van der Waals surface area contributed by atoms with E-state index < -0.39 is 0 Å². The summed E-state index contributed by atoms with van der Waals surface area (Å²) in [6.45, 7) is 2.14. The molecule has 0 aromatic carbocycles. The van der Waals surface area contributed by atoms with Crippen molar-refractivity contribution < 1.29 is 0 Å². The van der Waals surface area contributed by atoms with Crippen molar-refractivity contribution in [2.75, 3.05) is 0 Å². The van der Waals surface area contributed by atoms with Crippen molar-refractivity contribution in [3.63, 3.8) is 0 Å². The van der Waals surface area contributed by atoms with Gasteiger partial charge < -0.3 is 0 Å². The standard InChI is InChI=1S/C7H11N/c1-2-3-4-5-6-7-8/h5-6H,2-4H2,1H3/b6-5+. The van der Waals surface area contributed by atoms with Gasteiger partial charge in [-0.1, -0.05) is 25.8 Å². The predicted molar refractivity (Wildman–Crippen MR) is 34.3 cm³/mol. The minimum Gasteiger partial charge on any atom is -0.193 e. The van der Waals surface area contributed by atoms with Crippen molar-refractivity contribution in [2.45, 2.75) is 26.2 Å². The molecule has 0 aliphatic heterocycles. The first-order chi connectivity index (χ1) is 3.91. The maximum atomic E-state index is 8.03. The number of unbranched alkanes of at least 4 members (excludes halogenated alkanes) is 2. The van der Waals surface area contributed by atoms with Crippen LogP contribution in [-0.4, -0.2) is 0 Å². The van der Waals surface area contributed by atoms with E-state index in [4.69, 9.17) is 5.26 Å². The lowest BCUT2D eigenvalue weighted by Crippen LogP contribution is -1.64. The molecule has 0 radical (unpaired) electrons. The second-order valence-corrected chi connectivity index (χ2v) is 1.67. The van der Waals surface area contributed by atoms with Gasteiger partial charge in [-0.15, -0.1) is 0 Å². The Bertz CT molecular complexity index is 97.4. The van der Waals surface area contributed by atoms with Crippen LogP contribution in [0.1, 0.15) is 26.2 Å². The lowest BCUT2D eigenvalue weighted by atomic mass is 10.2. The molecule has 0 saturated carbocycles. The van der Waals surface area contributed by atoms with Gasteiger partial charge in [0.05, 0.1) is 6.07 Å². The highest BCUT2D eigenvalue weighted by Crippen LogP contribution is 1.93. The molecule has 1 heteroatoms. The van der Waals surface area contributed by atoms with Gasteiger partial charge in [0.1, 0.15) is 0 Å². The van der Waals surface area contributed by atoms with E-state index in [0.29, 0.717) is 0 Å². The average molecular weight is 109 g/mol. The molecule has 0 amide bonds. The van der Waals surface area contributed by atoms with Crippen LogP contribution in [0.15, 0.2) is 12.2 Å². The van der Waals surface area contributed by atoms with Crippen LogP contribution in [0, 0.1) is 11.3 Å². The smallest absolute Gasteiger partial charge is 0.0908 e. The number of allylic oxidation sites excluding steroid dienone is 2. The Morgan fingerprint density at radius 2 is 2.38 bits per heavy atom. The van der Waals surface area contributed by atoms with E-state index in [9.17, 15) is 0 Å². The van der Waals surface area contributed by atoms with Gasteiger partial charge >= 0.3 is 0 Å². The van der Waals surface area contributed by atoms with E-state index in [-0.39, 0.29) is 0 Å². The zero-order chi connectivity index (χ0) is 6.24. The molecule has 0 saturated heterocycles. The molecule has 0 atom stereocenters. The normalized spacial score (nSPS) is 9.50. The van der Waals surface area contributed by atoms with Crippen molar-refractivity contribution >= 4 is 0 Å². The summed E-state index contributed by atoms with van der Waals surface area (Å²) >= 11 is 0. The summed E-state index contributed by atoms with van der Waals surface area (Å²) in [7, 11) is 0. The number of nitriles is 1. The number of hydrogen-bond acceptors (Lipinski definition) is 1. The van der Waals surface area contributed by atoms with Crippen LogP contribution in [0.25, 0.3) is 0 Å². The zero-order valence-electron chi connectivity index (χ0n) is 5.22. The van der Waals surface area contributed by atoms with Gasteiger partial charge in [-0.3, -0.25) is 0 Å². The van der Waals surface area contributed by atoms with Crippen LogP contribution in [0.2, 0.25) is 0 Å². The van der Waals surface area contributed by atoms with Gasteiger partial charge in [0, 0.05) is 6.08 Å². The molecule has 0 fully saturated rings. The van der Waals surface area contributed by atoms with Crippen LogP contribution in [0.3, 0.4) is 0 Å². The van der Waals surface area contributed by atoms with Crippen LogP contribution < -0.4 is 0 Å². The molecular formula is C7H11N. The predicted octanol–water partition coefficient (Wildman–Crippen LogP) is 2.26.